The second kappa shape index (κ2) is 8.26. The van der Waals surface area contributed by atoms with Crippen LogP contribution in [0.15, 0.2) is 11.6 Å². The van der Waals surface area contributed by atoms with Gasteiger partial charge in [-0.15, -0.1) is 0 Å². The van der Waals surface area contributed by atoms with E-state index in [1.807, 2.05) is 13.8 Å². The fourth-order valence-corrected chi connectivity index (χ4v) is 11.1. The lowest BCUT2D eigenvalue weighted by molar-refractivity contribution is -0.259. The summed E-state index contributed by atoms with van der Waals surface area (Å²) in [5.41, 5.74) is -3.11. The Balaban J connectivity index is 1.65. The smallest absolute Gasteiger partial charge is 0.310 e. The number of carbonyl (C=O) groups is 1. The SMILES string of the molecule is CC1CCC2(C(=O)O)CCC3(C)C(=CCC4C5(C)CC(O)C(O)C(CO)(CO)C5CCC43C)C2C1(C)O. The van der Waals surface area contributed by atoms with E-state index in [2.05, 4.69) is 26.8 Å². The molecule has 0 radical (unpaired) electrons. The third-order valence-corrected chi connectivity index (χ3v) is 13.6. The van der Waals surface area contributed by atoms with Crippen LogP contribution in [-0.2, 0) is 4.79 Å². The number of hydrogen-bond donors (Lipinski definition) is 6. The molecule has 0 heterocycles. The second-order valence-electron chi connectivity index (χ2n) is 14.6. The van der Waals surface area contributed by atoms with Crippen LogP contribution in [0, 0.1) is 50.7 Å². The quantitative estimate of drug-likeness (QED) is 0.314. The molecule has 5 aliphatic carbocycles. The highest BCUT2D eigenvalue weighted by Crippen LogP contribution is 2.76. The molecule has 0 aromatic rings. The zero-order valence-corrected chi connectivity index (χ0v) is 23.2. The molecule has 7 heteroatoms. The minimum Gasteiger partial charge on any atom is -0.481 e. The monoisotopic (exact) mass is 520 g/mol. The number of fused-ring (bicyclic) bond motifs is 7. The number of aliphatic hydroxyl groups excluding tert-OH is 4. The van der Waals surface area contributed by atoms with Gasteiger partial charge in [-0.1, -0.05) is 39.3 Å². The molecule has 0 bridgehead atoms. The third kappa shape index (κ3) is 3.10. The Labute approximate surface area is 221 Å². The molecule has 5 aliphatic rings. The first kappa shape index (κ1) is 27.6. The van der Waals surface area contributed by atoms with Gasteiger partial charge in [0.15, 0.2) is 0 Å². The number of aliphatic hydroxyl groups is 5. The predicted molar refractivity (Wildman–Crippen MR) is 138 cm³/mol. The van der Waals surface area contributed by atoms with Gasteiger partial charge in [0.25, 0.3) is 0 Å². The highest BCUT2D eigenvalue weighted by molar-refractivity contribution is 5.77. The standard InChI is InChI=1S/C30H48O7/c1-17-8-11-29(24(35)36)13-12-26(3)18(22(29)28(17,5)37)6-7-20-25(2)14-19(33)23(34)30(15-31,16-32)21(25)9-10-27(20,26)4/h6,17,19-23,31-34,37H,7-16H2,1-5H3,(H,35,36). The molecule has 210 valence electrons. The maximum atomic E-state index is 12.9. The molecule has 0 aromatic heterocycles. The minimum absolute atomic E-state index is 0.00304. The second-order valence-corrected chi connectivity index (χ2v) is 14.6. The van der Waals surface area contributed by atoms with E-state index in [-0.39, 0.29) is 41.8 Å². The summed E-state index contributed by atoms with van der Waals surface area (Å²) < 4.78 is 0. The summed E-state index contributed by atoms with van der Waals surface area (Å²) in [7, 11) is 0. The third-order valence-electron chi connectivity index (χ3n) is 13.6. The van der Waals surface area contributed by atoms with E-state index in [0.29, 0.717) is 38.5 Å². The fourth-order valence-electron chi connectivity index (χ4n) is 11.1. The fraction of sp³-hybridized carbons (Fsp3) is 0.900. The molecule has 0 aliphatic heterocycles. The van der Waals surface area contributed by atoms with Crippen LogP contribution in [0.25, 0.3) is 0 Å². The lowest BCUT2D eigenvalue weighted by Crippen LogP contribution is -2.70. The normalized spacial score (nSPS) is 54.7. The van der Waals surface area contributed by atoms with Gasteiger partial charge < -0.3 is 30.6 Å². The van der Waals surface area contributed by atoms with E-state index >= 15 is 0 Å². The molecule has 11 atom stereocenters. The first-order chi connectivity index (χ1) is 17.1. The maximum absolute atomic E-state index is 12.9. The van der Waals surface area contributed by atoms with E-state index in [1.165, 1.54) is 0 Å². The Morgan fingerprint density at radius 2 is 1.62 bits per heavy atom. The van der Waals surface area contributed by atoms with Crippen LogP contribution in [0.4, 0.5) is 0 Å². The van der Waals surface area contributed by atoms with E-state index < -0.39 is 45.9 Å². The Hall–Kier alpha value is -0.990. The lowest BCUT2D eigenvalue weighted by Gasteiger charge is -2.72. The zero-order valence-electron chi connectivity index (χ0n) is 23.2. The molecule has 37 heavy (non-hydrogen) atoms. The summed E-state index contributed by atoms with van der Waals surface area (Å²) >= 11 is 0. The van der Waals surface area contributed by atoms with Gasteiger partial charge in [0, 0.05) is 11.3 Å². The van der Waals surface area contributed by atoms with Gasteiger partial charge in [-0.25, -0.2) is 0 Å². The predicted octanol–water partition coefficient (Wildman–Crippen LogP) is 3.12. The van der Waals surface area contributed by atoms with Crippen molar-refractivity contribution >= 4 is 5.97 Å². The highest BCUT2D eigenvalue weighted by atomic mass is 16.4. The summed E-state index contributed by atoms with van der Waals surface area (Å²) in [4.78, 5) is 12.9. The molecule has 4 fully saturated rings. The maximum Gasteiger partial charge on any atom is 0.310 e. The Morgan fingerprint density at radius 1 is 0.973 bits per heavy atom. The number of rotatable bonds is 3. The summed E-state index contributed by atoms with van der Waals surface area (Å²) in [5, 5.41) is 65.3. The molecule has 0 saturated heterocycles. The number of aliphatic carboxylic acids is 1. The molecular weight excluding hydrogens is 472 g/mol. The van der Waals surface area contributed by atoms with Gasteiger partial charge in [-0.2, -0.15) is 0 Å². The van der Waals surface area contributed by atoms with Crippen LogP contribution in [0.2, 0.25) is 0 Å². The van der Waals surface area contributed by atoms with Crippen molar-refractivity contribution in [2.45, 2.75) is 104 Å². The van der Waals surface area contributed by atoms with Crippen molar-refractivity contribution in [3.63, 3.8) is 0 Å². The van der Waals surface area contributed by atoms with E-state index in [9.17, 15) is 35.4 Å². The van der Waals surface area contributed by atoms with Crippen molar-refractivity contribution in [1.82, 2.24) is 0 Å². The lowest BCUT2D eigenvalue weighted by atomic mass is 9.32. The van der Waals surface area contributed by atoms with Gasteiger partial charge in [-0.05, 0) is 92.3 Å². The average Bonchev–Trinajstić information content (AvgIpc) is 2.83. The van der Waals surface area contributed by atoms with Crippen molar-refractivity contribution in [1.29, 1.82) is 0 Å². The summed E-state index contributed by atoms with van der Waals surface area (Å²) in [5.74, 6) is -1.27. The van der Waals surface area contributed by atoms with Crippen molar-refractivity contribution in [2.24, 2.45) is 50.7 Å². The molecule has 0 amide bonds. The van der Waals surface area contributed by atoms with Gasteiger partial charge in [0.2, 0.25) is 0 Å². The summed E-state index contributed by atoms with van der Waals surface area (Å²) in [6.07, 6.45) is 5.18. The van der Waals surface area contributed by atoms with E-state index in [0.717, 1.165) is 18.4 Å². The van der Waals surface area contributed by atoms with Gasteiger partial charge in [-0.3, -0.25) is 4.79 Å². The molecule has 0 aromatic carbocycles. The van der Waals surface area contributed by atoms with Crippen LogP contribution in [-0.4, -0.2) is 67.6 Å². The van der Waals surface area contributed by atoms with Crippen LogP contribution in [0.5, 0.6) is 0 Å². The first-order valence-corrected chi connectivity index (χ1v) is 14.4. The largest absolute Gasteiger partial charge is 0.481 e. The van der Waals surface area contributed by atoms with Crippen LogP contribution in [0.1, 0.15) is 86.0 Å². The van der Waals surface area contributed by atoms with Crippen LogP contribution < -0.4 is 0 Å². The summed E-state index contributed by atoms with van der Waals surface area (Å²) in [6.45, 7) is 9.87. The van der Waals surface area contributed by atoms with Crippen molar-refractivity contribution < 1.29 is 35.4 Å². The van der Waals surface area contributed by atoms with Crippen molar-refractivity contribution in [2.75, 3.05) is 13.2 Å². The molecule has 6 N–H and O–H groups in total. The van der Waals surface area contributed by atoms with Gasteiger partial charge in [0.05, 0.1) is 36.4 Å². The van der Waals surface area contributed by atoms with E-state index in [1.54, 1.807) is 0 Å². The Kier molecular flexibility index (Phi) is 6.16. The first-order valence-electron chi connectivity index (χ1n) is 14.4. The molecule has 4 saturated carbocycles. The highest BCUT2D eigenvalue weighted by Gasteiger charge is 2.72. The summed E-state index contributed by atoms with van der Waals surface area (Å²) in [6, 6.07) is 0. The minimum atomic E-state index is -1.18. The van der Waals surface area contributed by atoms with Gasteiger partial charge in [0.1, 0.15) is 0 Å². The van der Waals surface area contributed by atoms with Crippen molar-refractivity contribution in [3.05, 3.63) is 11.6 Å². The number of allylic oxidation sites excluding steroid dienone is 1. The molecule has 5 rings (SSSR count). The van der Waals surface area contributed by atoms with Crippen molar-refractivity contribution in [3.8, 4) is 0 Å². The van der Waals surface area contributed by atoms with Crippen LogP contribution >= 0.6 is 0 Å². The zero-order chi connectivity index (χ0) is 27.4. The number of hydrogen-bond acceptors (Lipinski definition) is 6. The Morgan fingerprint density at radius 3 is 2.22 bits per heavy atom. The van der Waals surface area contributed by atoms with Gasteiger partial charge >= 0.3 is 5.97 Å². The van der Waals surface area contributed by atoms with Crippen LogP contribution in [0.3, 0.4) is 0 Å². The molecular formula is C30H48O7. The molecule has 11 unspecified atom stereocenters. The molecule has 0 spiro atoms. The number of carboxylic acids is 1. The van der Waals surface area contributed by atoms with E-state index in [4.69, 9.17) is 0 Å². The average molecular weight is 521 g/mol. The number of carboxylic acid groups (broad SMARTS) is 1. The topological polar surface area (TPSA) is 138 Å². The molecule has 7 nitrogen and oxygen atoms in total. The Bertz CT molecular complexity index is 986.